The summed E-state index contributed by atoms with van der Waals surface area (Å²) in [7, 11) is 0. The summed E-state index contributed by atoms with van der Waals surface area (Å²) in [4.78, 5) is 12.5. The lowest BCUT2D eigenvalue weighted by Crippen LogP contribution is -2.29. The molecule has 1 aromatic carbocycles. The molecule has 0 bridgehead atoms. The first-order chi connectivity index (χ1) is 14.9. The molecule has 5 nitrogen and oxygen atoms in total. The molecule has 0 saturated carbocycles. The van der Waals surface area contributed by atoms with Crippen LogP contribution in [0.3, 0.4) is 0 Å². The molecule has 5 heteroatoms. The van der Waals surface area contributed by atoms with Crippen LogP contribution in [-0.2, 0) is 6.42 Å². The molecule has 0 spiro atoms. The second kappa shape index (κ2) is 12.6. The van der Waals surface area contributed by atoms with E-state index in [1.165, 1.54) is 5.57 Å². The van der Waals surface area contributed by atoms with Gasteiger partial charge in [0.25, 0.3) is 0 Å². The van der Waals surface area contributed by atoms with Crippen LogP contribution in [0.2, 0.25) is 0 Å². The van der Waals surface area contributed by atoms with Gasteiger partial charge in [-0.15, -0.1) is 0 Å². The van der Waals surface area contributed by atoms with Crippen molar-refractivity contribution in [3.63, 3.8) is 0 Å². The molecule has 172 valence electrons. The Bertz CT molecular complexity index is 785. The Morgan fingerprint density at radius 1 is 1.29 bits per heavy atom. The lowest BCUT2D eigenvalue weighted by Gasteiger charge is -2.32. The Hall–Kier alpha value is -2.27. The van der Waals surface area contributed by atoms with Crippen molar-refractivity contribution >= 4 is 6.09 Å². The second-order valence-electron chi connectivity index (χ2n) is 8.83. The minimum atomic E-state index is -0.494. The van der Waals surface area contributed by atoms with Crippen molar-refractivity contribution in [2.75, 3.05) is 13.1 Å². The number of ether oxygens (including phenoxy) is 1. The molecule has 0 fully saturated rings. The number of phenols is 1. The van der Waals surface area contributed by atoms with Gasteiger partial charge in [-0.25, -0.2) is 4.79 Å². The van der Waals surface area contributed by atoms with Gasteiger partial charge in [-0.1, -0.05) is 43.6 Å². The number of benzene rings is 1. The lowest BCUT2D eigenvalue weighted by atomic mass is 9.73. The number of hydrogen-bond acceptors (Lipinski definition) is 4. The third kappa shape index (κ3) is 7.42. The molecule has 0 unspecified atom stereocenters. The summed E-state index contributed by atoms with van der Waals surface area (Å²) in [6.45, 7) is 11.6. The molecule has 31 heavy (non-hydrogen) atoms. The number of rotatable bonds is 11. The van der Waals surface area contributed by atoms with Crippen molar-refractivity contribution in [1.82, 2.24) is 5.32 Å². The molecule has 1 aromatic rings. The van der Waals surface area contributed by atoms with Gasteiger partial charge in [0.05, 0.1) is 0 Å². The number of amides is 1. The highest BCUT2D eigenvalue weighted by Crippen LogP contribution is 2.47. The lowest BCUT2D eigenvalue weighted by molar-refractivity contribution is 0.199. The summed E-state index contributed by atoms with van der Waals surface area (Å²) in [5, 5.41) is 13.8. The number of allylic oxidation sites excluding steroid dienone is 3. The molecule has 0 heterocycles. The molecular formula is C26H40N2O3. The van der Waals surface area contributed by atoms with E-state index in [-0.39, 0.29) is 17.6 Å². The van der Waals surface area contributed by atoms with E-state index in [1.54, 1.807) is 0 Å². The summed E-state index contributed by atoms with van der Waals surface area (Å²) in [6, 6.07) is 3.77. The maximum absolute atomic E-state index is 12.5. The van der Waals surface area contributed by atoms with Crippen LogP contribution in [0.25, 0.3) is 0 Å². The van der Waals surface area contributed by atoms with E-state index < -0.39 is 6.09 Å². The van der Waals surface area contributed by atoms with Crippen LogP contribution in [0.4, 0.5) is 4.79 Å². The highest BCUT2D eigenvalue weighted by Gasteiger charge is 2.31. The van der Waals surface area contributed by atoms with Crippen LogP contribution in [-0.4, -0.2) is 24.3 Å². The maximum Gasteiger partial charge on any atom is 0.412 e. The first kappa shape index (κ1) is 25.0. The van der Waals surface area contributed by atoms with Gasteiger partial charge in [0.15, 0.2) is 0 Å². The molecule has 1 aliphatic carbocycles. The first-order valence-corrected chi connectivity index (χ1v) is 11.7. The summed E-state index contributed by atoms with van der Waals surface area (Å²) >= 11 is 0. The molecule has 1 aliphatic rings. The van der Waals surface area contributed by atoms with Crippen molar-refractivity contribution in [3.8, 4) is 11.5 Å². The van der Waals surface area contributed by atoms with Crippen molar-refractivity contribution < 1.29 is 14.6 Å². The van der Waals surface area contributed by atoms with Crippen molar-refractivity contribution in [1.29, 1.82) is 0 Å². The van der Waals surface area contributed by atoms with Gasteiger partial charge in [-0.05, 0) is 82.5 Å². The normalized spacial score (nSPS) is 18.4. The van der Waals surface area contributed by atoms with Crippen molar-refractivity contribution in [2.45, 2.75) is 78.1 Å². The topological polar surface area (TPSA) is 84.6 Å². The van der Waals surface area contributed by atoms with Crippen LogP contribution in [0, 0.1) is 5.92 Å². The van der Waals surface area contributed by atoms with Gasteiger partial charge in [0.2, 0.25) is 0 Å². The number of phenolic OH excluding ortho intramolecular Hbond substituents is 1. The summed E-state index contributed by atoms with van der Waals surface area (Å²) < 4.78 is 5.77. The summed E-state index contributed by atoms with van der Waals surface area (Å²) in [5.41, 5.74) is 9.56. The van der Waals surface area contributed by atoms with Crippen molar-refractivity contribution in [3.05, 3.63) is 47.1 Å². The van der Waals surface area contributed by atoms with Gasteiger partial charge < -0.3 is 20.9 Å². The number of nitrogens with two attached hydrogens (primary N) is 1. The predicted octanol–water partition coefficient (Wildman–Crippen LogP) is 5.97. The molecule has 0 aromatic heterocycles. The zero-order chi connectivity index (χ0) is 22.8. The first-order valence-electron chi connectivity index (χ1n) is 11.7. The Balaban J connectivity index is 2.36. The minimum Gasteiger partial charge on any atom is -0.507 e. The smallest absolute Gasteiger partial charge is 0.412 e. The molecule has 2 atom stereocenters. The molecule has 0 radical (unpaired) electrons. The fourth-order valence-corrected chi connectivity index (χ4v) is 4.31. The van der Waals surface area contributed by atoms with E-state index in [4.69, 9.17) is 10.5 Å². The number of carbonyl (C=O) groups excluding carboxylic acids is 1. The maximum atomic E-state index is 12.5. The zero-order valence-electron chi connectivity index (χ0n) is 19.5. The molecule has 4 N–H and O–H groups in total. The SMILES string of the molecule is C=C(C)[C@@H]1CCC(C)=C[C@H]1c1c(O)cc(CCCCC)cc1OC(=O)NCCCCN. The summed E-state index contributed by atoms with van der Waals surface area (Å²) in [5.74, 6) is 0.790. The quantitative estimate of drug-likeness (QED) is 0.299. The molecule has 2 rings (SSSR count). The number of unbranched alkanes of at least 4 members (excludes halogenated alkanes) is 3. The Morgan fingerprint density at radius 3 is 2.74 bits per heavy atom. The molecular weight excluding hydrogens is 388 g/mol. The van der Waals surface area contributed by atoms with Gasteiger partial charge in [0.1, 0.15) is 11.5 Å². The van der Waals surface area contributed by atoms with Crippen LogP contribution >= 0.6 is 0 Å². The van der Waals surface area contributed by atoms with E-state index in [9.17, 15) is 9.90 Å². The highest BCUT2D eigenvalue weighted by molar-refractivity contribution is 5.72. The number of nitrogens with one attached hydrogen (secondary N) is 1. The van der Waals surface area contributed by atoms with Crippen LogP contribution in [0.1, 0.15) is 82.8 Å². The van der Waals surface area contributed by atoms with E-state index in [2.05, 4.69) is 31.8 Å². The van der Waals surface area contributed by atoms with Crippen LogP contribution in [0.5, 0.6) is 11.5 Å². The summed E-state index contributed by atoms with van der Waals surface area (Å²) in [6.07, 6.45) is 9.50. The van der Waals surface area contributed by atoms with E-state index >= 15 is 0 Å². The van der Waals surface area contributed by atoms with Gasteiger partial charge in [0, 0.05) is 18.0 Å². The average molecular weight is 429 g/mol. The van der Waals surface area contributed by atoms with Gasteiger partial charge in [-0.2, -0.15) is 0 Å². The Morgan fingerprint density at radius 2 is 2.06 bits per heavy atom. The minimum absolute atomic E-state index is 0.0593. The Labute approximate surface area is 187 Å². The Kier molecular flexibility index (Phi) is 10.1. The third-order valence-corrected chi connectivity index (χ3v) is 6.07. The largest absolute Gasteiger partial charge is 0.507 e. The van der Waals surface area contributed by atoms with E-state index in [1.807, 2.05) is 19.1 Å². The molecule has 0 saturated heterocycles. The van der Waals surface area contributed by atoms with E-state index in [0.717, 1.165) is 62.5 Å². The third-order valence-electron chi connectivity index (χ3n) is 6.07. The molecule has 0 aliphatic heterocycles. The molecule has 1 amide bonds. The average Bonchev–Trinajstić information content (AvgIpc) is 2.71. The van der Waals surface area contributed by atoms with Crippen LogP contribution in [0.15, 0.2) is 35.9 Å². The number of hydrogen-bond donors (Lipinski definition) is 3. The fourth-order valence-electron chi connectivity index (χ4n) is 4.31. The van der Waals surface area contributed by atoms with Gasteiger partial charge in [-0.3, -0.25) is 0 Å². The standard InChI is InChI=1S/C26H40N2O3/c1-5-6-7-10-20-16-23(29)25(22-15-19(4)11-12-21(22)18(2)3)24(17-20)31-26(30)28-14-9-8-13-27/h15-17,21-22,29H,2,5-14,27H2,1,3-4H3,(H,28,30)/t21-,22+/m0/s1. The van der Waals surface area contributed by atoms with Crippen LogP contribution < -0.4 is 15.8 Å². The zero-order valence-corrected chi connectivity index (χ0v) is 19.5. The number of carbonyl (C=O) groups is 1. The van der Waals surface area contributed by atoms with Crippen molar-refractivity contribution in [2.24, 2.45) is 11.7 Å². The number of aromatic hydroxyl groups is 1. The van der Waals surface area contributed by atoms with Gasteiger partial charge >= 0.3 is 6.09 Å². The predicted molar refractivity (Wildman–Crippen MR) is 128 cm³/mol. The van der Waals surface area contributed by atoms with E-state index in [0.29, 0.717) is 24.4 Å². The monoisotopic (exact) mass is 428 g/mol. The number of aryl methyl sites for hydroxylation is 1. The second-order valence-corrected chi connectivity index (χ2v) is 8.83. The fraction of sp³-hybridized carbons (Fsp3) is 0.577. The highest BCUT2D eigenvalue weighted by atomic mass is 16.6.